The molecule has 0 bridgehead atoms. The molecule has 8 heteroatoms. The predicted octanol–water partition coefficient (Wildman–Crippen LogP) is 7.43. The highest BCUT2D eigenvalue weighted by atomic mass is 35.5. The van der Waals surface area contributed by atoms with Crippen LogP contribution in [0.1, 0.15) is 44.5 Å². The molecule has 4 aromatic rings. The lowest BCUT2D eigenvalue weighted by molar-refractivity contribution is 0.0601. The number of carbonyl (C=O) groups is 2. The normalized spacial score (nSPS) is 15.0. The number of para-hydroxylation sites is 1. The minimum absolute atomic E-state index is 0.318. The topological polar surface area (TPSA) is 68.3 Å². The number of hydrogen-bond donors (Lipinski definition) is 1. The van der Waals surface area contributed by atoms with Crippen molar-refractivity contribution in [2.75, 3.05) is 12.4 Å². The second kappa shape index (κ2) is 9.61. The fourth-order valence-corrected chi connectivity index (χ4v) is 6.19. The quantitative estimate of drug-likeness (QED) is 0.281. The highest BCUT2D eigenvalue weighted by Crippen LogP contribution is 2.40. The van der Waals surface area contributed by atoms with Gasteiger partial charge in [-0.05, 0) is 55.0 Å². The molecule has 0 fully saturated rings. The van der Waals surface area contributed by atoms with Crippen molar-refractivity contribution < 1.29 is 14.3 Å². The van der Waals surface area contributed by atoms with E-state index < -0.39 is 5.97 Å². The second-order valence-corrected chi connectivity index (χ2v) is 10.6. The van der Waals surface area contributed by atoms with Gasteiger partial charge in [-0.1, -0.05) is 54.4 Å². The molecule has 1 N–H and O–H groups in total. The third-order valence-corrected chi connectivity index (χ3v) is 8.21. The summed E-state index contributed by atoms with van der Waals surface area (Å²) in [6.07, 6.45) is 2.69. The van der Waals surface area contributed by atoms with Crippen LogP contribution in [0.3, 0.4) is 0 Å². The van der Waals surface area contributed by atoms with Gasteiger partial charge in [0.05, 0.1) is 39.5 Å². The number of nitrogens with zero attached hydrogens (tertiary/aromatic N) is 1. The van der Waals surface area contributed by atoms with Crippen LogP contribution in [0.25, 0.3) is 22.2 Å². The Hall–Kier alpha value is -2.93. The minimum Gasteiger partial charge on any atom is -0.465 e. The molecule has 0 saturated heterocycles. The first-order valence-electron chi connectivity index (χ1n) is 11.2. The molecule has 0 radical (unpaired) electrons. The van der Waals surface area contributed by atoms with E-state index in [1.165, 1.54) is 18.4 Å². The molecule has 1 aliphatic rings. The van der Waals surface area contributed by atoms with Crippen molar-refractivity contribution in [2.24, 2.45) is 5.92 Å². The van der Waals surface area contributed by atoms with Crippen molar-refractivity contribution in [3.05, 3.63) is 80.1 Å². The van der Waals surface area contributed by atoms with E-state index in [1.807, 2.05) is 30.3 Å². The lowest BCUT2D eigenvalue weighted by Gasteiger charge is -2.18. The van der Waals surface area contributed by atoms with E-state index in [-0.39, 0.29) is 5.91 Å². The molecular weight excluding hydrogens is 503 g/mol. The Kier molecular flexibility index (Phi) is 6.53. The molecule has 2 aromatic carbocycles. The smallest absolute Gasteiger partial charge is 0.341 e. The summed E-state index contributed by atoms with van der Waals surface area (Å²) in [6, 6.07) is 14.4. The highest BCUT2D eigenvalue weighted by molar-refractivity contribution is 7.17. The van der Waals surface area contributed by atoms with Crippen molar-refractivity contribution >= 4 is 62.3 Å². The second-order valence-electron chi connectivity index (χ2n) is 8.70. The summed E-state index contributed by atoms with van der Waals surface area (Å²) in [5.41, 5.74) is 3.93. The number of halogens is 2. The number of aromatic nitrogens is 1. The van der Waals surface area contributed by atoms with Gasteiger partial charge >= 0.3 is 5.97 Å². The lowest BCUT2D eigenvalue weighted by Crippen LogP contribution is -2.16. The van der Waals surface area contributed by atoms with Crippen LogP contribution < -0.4 is 5.32 Å². The average molecular weight is 525 g/mol. The average Bonchev–Trinajstić information content (AvgIpc) is 3.21. The maximum atomic E-state index is 13.6. The van der Waals surface area contributed by atoms with Crippen LogP contribution in [-0.4, -0.2) is 24.0 Å². The number of ether oxygens (including phenoxy) is 1. The Morgan fingerprint density at radius 3 is 2.69 bits per heavy atom. The van der Waals surface area contributed by atoms with Gasteiger partial charge in [0.2, 0.25) is 0 Å². The standard InChI is InChI=1S/C27H22Cl2N2O3S/c1-14-7-9-17-23(11-14)35-26(24(17)27(33)34-2)31-25(32)18-13-22(15-8-10-19(28)20(29)12-15)30-21-6-4-3-5-16(18)21/h3-6,8,10,12-14H,7,9,11H2,1-2H3,(H,31,32)/t14-/m0/s1. The summed E-state index contributed by atoms with van der Waals surface area (Å²) in [5, 5.41) is 5.10. The van der Waals surface area contributed by atoms with Gasteiger partial charge in [-0.2, -0.15) is 0 Å². The fraction of sp³-hybridized carbons (Fsp3) is 0.222. The van der Waals surface area contributed by atoms with Crippen molar-refractivity contribution in [2.45, 2.75) is 26.2 Å². The molecule has 2 heterocycles. The number of pyridine rings is 1. The fourth-order valence-electron chi connectivity index (χ4n) is 4.49. The molecule has 0 aliphatic heterocycles. The van der Waals surface area contributed by atoms with Gasteiger partial charge in [0.15, 0.2) is 0 Å². The molecule has 0 unspecified atom stereocenters. The number of benzene rings is 2. The number of carbonyl (C=O) groups excluding carboxylic acids is 2. The molecule has 1 amide bonds. The SMILES string of the molecule is COC(=O)c1c(NC(=O)c2cc(-c3ccc(Cl)c(Cl)c3)nc3ccccc23)sc2c1CC[C@H](C)C2. The molecular formula is C27H22Cl2N2O3S. The van der Waals surface area contributed by atoms with Gasteiger partial charge < -0.3 is 10.1 Å². The number of nitrogens with one attached hydrogen (secondary N) is 1. The zero-order valence-corrected chi connectivity index (χ0v) is 21.5. The maximum Gasteiger partial charge on any atom is 0.341 e. The van der Waals surface area contributed by atoms with E-state index >= 15 is 0 Å². The van der Waals surface area contributed by atoms with Crippen LogP contribution in [-0.2, 0) is 17.6 Å². The van der Waals surface area contributed by atoms with Crippen LogP contribution in [0.15, 0.2) is 48.5 Å². The maximum absolute atomic E-state index is 13.6. The number of methoxy groups -OCH3 is 1. The number of amides is 1. The summed E-state index contributed by atoms with van der Waals surface area (Å²) in [5.74, 6) is -0.210. The molecule has 1 aliphatic carbocycles. The number of thiophene rings is 1. The molecule has 35 heavy (non-hydrogen) atoms. The zero-order chi connectivity index (χ0) is 24.7. The molecule has 5 rings (SSSR count). The van der Waals surface area contributed by atoms with Crippen molar-refractivity contribution in [3.8, 4) is 11.3 Å². The van der Waals surface area contributed by atoms with Gasteiger partial charge in [-0.25, -0.2) is 9.78 Å². The number of esters is 1. The summed E-state index contributed by atoms with van der Waals surface area (Å²) in [4.78, 5) is 32.2. The van der Waals surface area contributed by atoms with E-state index in [1.54, 1.807) is 18.2 Å². The van der Waals surface area contributed by atoms with E-state index in [9.17, 15) is 9.59 Å². The third-order valence-electron chi connectivity index (χ3n) is 6.30. The van der Waals surface area contributed by atoms with Crippen molar-refractivity contribution in [3.63, 3.8) is 0 Å². The van der Waals surface area contributed by atoms with Gasteiger partial charge in [0.1, 0.15) is 5.00 Å². The van der Waals surface area contributed by atoms with Crippen LogP contribution in [0.2, 0.25) is 10.0 Å². The molecule has 178 valence electrons. The monoisotopic (exact) mass is 524 g/mol. The van der Waals surface area contributed by atoms with E-state index in [0.29, 0.717) is 48.7 Å². The largest absolute Gasteiger partial charge is 0.465 e. The van der Waals surface area contributed by atoms with E-state index in [0.717, 1.165) is 35.3 Å². The predicted molar refractivity (Wildman–Crippen MR) is 142 cm³/mol. The van der Waals surface area contributed by atoms with Gasteiger partial charge in [0, 0.05) is 15.8 Å². The number of rotatable bonds is 4. The molecule has 0 saturated carbocycles. The molecule has 2 aromatic heterocycles. The Morgan fingerprint density at radius 1 is 1.11 bits per heavy atom. The first-order valence-corrected chi connectivity index (χ1v) is 12.8. The first kappa shape index (κ1) is 23.8. The molecule has 1 atom stereocenters. The van der Waals surface area contributed by atoms with E-state index in [2.05, 4.69) is 12.2 Å². The Balaban J connectivity index is 1.59. The number of anilines is 1. The summed E-state index contributed by atoms with van der Waals surface area (Å²) in [7, 11) is 1.36. The van der Waals surface area contributed by atoms with Gasteiger partial charge in [-0.3, -0.25) is 4.79 Å². The van der Waals surface area contributed by atoms with Crippen molar-refractivity contribution in [1.29, 1.82) is 0 Å². The summed E-state index contributed by atoms with van der Waals surface area (Å²) < 4.78 is 5.07. The number of hydrogen-bond acceptors (Lipinski definition) is 5. The van der Waals surface area contributed by atoms with E-state index in [4.69, 9.17) is 32.9 Å². The first-order chi connectivity index (χ1) is 16.9. The Morgan fingerprint density at radius 2 is 1.91 bits per heavy atom. The Bertz CT molecular complexity index is 1480. The van der Waals surface area contributed by atoms with Crippen LogP contribution in [0.4, 0.5) is 5.00 Å². The number of fused-ring (bicyclic) bond motifs is 2. The zero-order valence-electron chi connectivity index (χ0n) is 19.2. The molecule has 5 nitrogen and oxygen atoms in total. The van der Waals surface area contributed by atoms with Gasteiger partial charge in [-0.15, -0.1) is 11.3 Å². The summed E-state index contributed by atoms with van der Waals surface area (Å²) >= 11 is 13.8. The summed E-state index contributed by atoms with van der Waals surface area (Å²) in [6.45, 7) is 2.20. The Labute approximate surface area is 217 Å². The van der Waals surface area contributed by atoms with Crippen LogP contribution in [0.5, 0.6) is 0 Å². The van der Waals surface area contributed by atoms with Crippen LogP contribution in [0, 0.1) is 5.92 Å². The van der Waals surface area contributed by atoms with Crippen LogP contribution >= 0.6 is 34.5 Å². The highest BCUT2D eigenvalue weighted by Gasteiger charge is 2.29. The third kappa shape index (κ3) is 4.54. The van der Waals surface area contributed by atoms with Crippen molar-refractivity contribution in [1.82, 2.24) is 4.98 Å². The molecule has 0 spiro atoms. The minimum atomic E-state index is -0.427. The van der Waals surface area contributed by atoms with Gasteiger partial charge in [0.25, 0.3) is 5.91 Å². The lowest BCUT2D eigenvalue weighted by atomic mass is 9.88.